The number of carbonyl (C=O) groups is 1. The number of piperidine rings is 3. The first kappa shape index (κ1) is 16.1. The summed E-state index contributed by atoms with van der Waals surface area (Å²) in [5, 5.41) is 3.32. The van der Waals surface area contributed by atoms with Crippen LogP contribution >= 0.6 is 0 Å². The molecule has 3 nitrogen and oxygen atoms in total. The van der Waals surface area contributed by atoms with Crippen molar-refractivity contribution in [3.05, 3.63) is 71.8 Å². The van der Waals surface area contributed by atoms with Crippen LogP contribution < -0.4 is 5.32 Å². The van der Waals surface area contributed by atoms with Gasteiger partial charge in [0, 0.05) is 18.2 Å². The normalized spacial score (nSPS) is 25.6. The summed E-state index contributed by atoms with van der Waals surface area (Å²) >= 11 is 0. The van der Waals surface area contributed by atoms with E-state index in [-0.39, 0.29) is 11.9 Å². The average molecular weight is 332 g/mol. The van der Waals surface area contributed by atoms with Gasteiger partial charge in [0.1, 0.15) is 0 Å². The quantitative estimate of drug-likeness (QED) is 0.687. The van der Waals surface area contributed by atoms with Crippen LogP contribution in [0, 0.1) is 5.92 Å². The molecule has 1 N–H and O–H groups in total. The SMILES string of the molecule is O=C(N[C@H]1CN2CCC1CC2)C(=Cc1ccccc1)c1ccccc1. The molecule has 3 aliphatic heterocycles. The maximum absolute atomic E-state index is 13.1. The number of amides is 1. The summed E-state index contributed by atoms with van der Waals surface area (Å²) in [7, 11) is 0. The molecule has 2 aromatic carbocycles. The van der Waals surface area contributed by atoms with Gasteiger partial charge in [0.25, 0.3) is 5.91 Å². The maximum atomic E-state index is 13.1. The first-order chi connectivity index (χ1) is 12.3. The van der Waals surface area contributed by atoms with Crippen LogP contribution in [0.2, 0.25) is 0 Å². The molecule has 0 aliphatic carbocycles. The van der Waals surface area contributed by atoms with Crippen LogP contribution in [0.5, 0.6) is 0 Å². The summed E-state index contributed by atoms with van der Waals surface area (Å²) in [5.74, 6) is 0.663. The summed E-state index contributed by atoms with van der Waals surface area (Å²) < 4.78 is 0. The zero-order valence-electron chi connectivity index (χ0n) is 14.4. The molecule has 2 bridgehead atoms. The number of hydrogen-bond donors (Lipinski definition) is 1. The number of carbonyl (C=O) groups excluding carboxylic acids is 1. The second-order valence-corrected chi connectivity index (χ2v) is 7.05. The Morgan fingerprint density at radius 2 is 1.60 bits per heavy atom. The fraction of sp³-hybridized carbons (Fsp3) is 0.318. The van der Waals surface area contributed by atoms with Crippen molar-refractivity contribution in [3.8, 4) is 0 Å². The largest absolute Gasteiger partial charge is 0.348 e. The second-order valence-electron chi connectivity index (χ2n) is 7.05. The predicted octanol–water partition coefficient (Wildman–Crippen LogP) is 3.44. The summed E-state index contributed by atoms with van der Waals surface area (Å²) in [6.07, 6.45) is 4.40. The van der Waals surface area contributed by atoms with Gasteiger partial charge in [-0.2, -0.15) is 0 Å². The van der Waals surface area contributed by atoms with Gasteiger partial charge in [-0.1, -0.05) is 60.7 Å². The Hall–Kier alpha value is -2.39. The molecule has 128 valence electrons. The zero-order valence-corrected chi connectivity index (χ0v) is 14.4. The Kier molecular flexibility index (Phi) is 4.66. The third-order valence-electron chi connectivity index (χ3n) is 5.41. The van der Waals surface area contributed by atoms with E-state index in [1.807, 2.05) is 66.7 Å². The van der Waals surface area contributed by atoms with Gasteiger partial charge in [0.2, 0.25) is 0 Å². The van der Waals surface area contributed by atoms with E-state index in [2.05, 4.69) is 10.2 Å². The molecule has 2 aromatic rings. The Bertz CT molecular complexity index is 746. The predicted molar refractivity (Wildman–Crippen MR) is 102 cm³/mol. The highest BCUT2D eigenvalue weighted by molar-refractivity contribution is 6.24. The molecule has 3 fully saturated rings. The molecule has 5 rings (SSSR count). The molecule has 0 spiro atoms. The third kappa shape index (κ3) is 3.67. The third-order valence-corrected chi connectivity index (χ3v) is 5.41. The van der Waals surface area contributed by atoms with Crippen LogP contribution in [0.4, 0.5) is 0 Å². The minimum Gasteiger partial charge on any atom is -0.348 e. The number of rotatable bonds is 4. The van der Waals surface area contributed by atoms with Crippen LogP contribution in [0.1, 0.15) is 24.0 Å². The molecule has 0 aromatic heterocycles. The van der Waals surface area contributed by atoms with Gasteiger partial charge in [0.05, 0.1) is 0 Å². The standard InChI is InChI=1S/C22H24N2O/c25-22(23-21-16-24-13-11-19(21)12-14-24)20(18-9-5-2-6-10-18)15-17-7-3-1-4-8-17/h1-10,15,19,21H,11-14,16H2,(H,23,25)/t21-/m0/s1. The molecule has 0 unspecified atom stereocenters. The fourth-order valence-corrected chi connectivity index (χ4v) is 3.99. The lowest BCUT2D eigenvalue weighted by atomic mass is 9.84. The first-order valence-corrected chi connectivity index (χ1v) is 9.15. The fourth-order valence-electron chi connectivity index (χ4n) is 3.99. The first-order valence-electron chi connectivity index (χ1n) is 9.15. The molecular formula is C22H24N2O. The van der Waals surface area contributed by atoms with Gasteiger partial charge in [0.15, 0.2) is 0 Å². The number of hydrogen-bond acceptors (Lipinski definition) is 2. The lowest BCUT2D eigenvalue weighted by molar-refractivity contribution is -0.117. The van der Waals surface area contributed by atoms with E-state index < -0.39 is 0 Å². The van der Waals surface area contributed by atoms with Gasteiger partial charge in [-0.15, -0.1) is 0 Å². The highest BCUT2D eigenvalue weighted by Gasteiger charge is 2.35. The summed E-state index contributed by atoms with van der Waals surface area (Å²) in [6.45, 7) is 3.36. The molecule has 0 radical (unpaired) electrons. The Labute approximate surface area is 149 Å². The Morgan fingerprint density at radius 3 is 2.20 bits per heavy atom. The molecular weight excluding hydrogens is 308 g/mol. The minimum absolute atomic E-state index is 0.0359. The molecule has 1 amide bonds. The maximum Gasteiger partial charge on any atom is 0.252 e. The highest BCUT2D eigenvalue weighted by Crippen LogP contribution is 2.28. The van der Waals surface area contributed by atoms with E-state index in [0.717, 1.165) is 23.2 Å². The van der Waals surface area contributed by atoms with Gasteiger partial charge in [-0.3, -0.25) is 4.79 Å². The summed E-state index contributed by atoms with van der Waals surface area (Å²) in [5.41, 5.74) is 2.75. The number of benzene rings is 2. The number of nitrogens with zero attached hydrogens (tertiary/aromatic N) is 1. The molecule has 0 saturated carbocycles. The van der Waals surface area contributed by atoms with Gasteiger partial charge in [-0.05, 0) is 49.1 Å². The van der Waals surface area contributed by atoms with Crippen LogP contribution in [-0.2, 0) is 4.79 Å². The van der Waals surface area contributed by atoms with Crippen molar-refractivity contribution in [2.45, 2.75) is 18.9 Å². The molecule has 3 heterocycles. The molecule has 25 heavy (non-hydrogen) atoms. The van der Waals surface area contributed by atoms with Crippen molar-refractivity contribution >= 4 is 17.6 Å². The minimum atomic E-state index is 0.0359. The van der Waals surface area contributed by atoms with Crippen molar-refractivity contribution in [1.29, 1.82) is 0 Å². The number of fused-ring (bicyclic) bond motifs is 3. The monoisotopic (exact) mass is 332 g/mol. The van der Waals surface area contributed by atoms with Crippen molar-refractivity contribution < 1.29 is 4.79 Å². The second kappa shape index (κ2) is 7.24. The lowest BCUT2D eigenvalue weighted by Gasteiger charge is -2.45. The van der Waals surface area contributed by atoms with Gasteiger partial charge in [-0.25, -0.2) is 0 Å². The van der Waals surface area contributed by atoms with Crippen LogP contribution in [0.15, 0.2) is 60.7 Å². The van der Waals surface area contributed by atoms with Crippen molar-refractivity contribution in [2.24, 2.45) is 5.92 Å². The highest BCUT2D eigenvalue weighted by atomic mass is 16.1. The van der Waals surface area contributed by atoms with Crippen molar-refractivity contribution in [2.75, 3.05) is 19.6 Å². The van der Waals surface area contributed by atoms with Gasteiger partial charge >= 0.3 is 0 Å². The lowest BCUT2D eigenvalue weighted by Crippen LogP contribution is -2.57. The van der Waals surface area contributed by atoms with E-state index in [9.17, 15) is 4.79 Å². The van der Waals surface area contributed by atoms with Crippen LogP contribution in [0.25, 0.3) is 11.6 Å². The van der Waals surface area contributed by atoms with E-state index in [1.54, 1.807) is 0 Å². The molecule has 3 aliphatic rings. The zero-order chi connectivity index (χ0) is 17.1. The van der Waals surface area contributed by atoms with Crippen LogP contribution in [0.3, 0.4) is 0 Å². The van der Waals surface area contributed by atoms with Crippen LogP contribution in [-0.4, -0.2) is 36.5 Å². The topological polar surface area (TPSA) is 32.3 Å². The summed E-state index contributed by atoms with van der Waals surface area (Å²) in [6, 6.07) is 20.3. The average Bonchev–Trinajstić information content (AvgIpc) is 2.68. The van der Waals surface area contributed by atoms with Crippen molar-refractivity contribution in [1.82, 2.24) is 10.2 Å². The molecule has 3 heteroatoms. The Balaban J connectivity index is 1.59. The summed E-state index contributed by atoms with van der Waals surface area (Å²) in [4.78, 5) is 15.6. The van der Waals surface area contributed by atoms with E-state index in [1.165, 1.54) is 25.9 Å². The molecule has 1 atom stereocenters. The Morgan fingerprint density at radius 1 is 0.960 bits per heavy atom. The molecule has 3 saturated heterocycles. The van der Waals surface area contributed by atoms with Crippen molar-refractivity contribution in [3.63, 3.8) is 0 Å². The van der Waals surface area contributed by atoms with E-state index in [0.29, 0.717) is 5.92 Å². The van der Waals surface area contributed by atoms with Gasteiger partial charge < -0.3 is 10.2 Å². The van der Waals surface area contributed by atoms with E-state index >= 15 is 0 Å². The smallest absolute Gasteiger partial charge is 0.252 e. The van der Waals surface area contributed by atoms with E-state index in [4.69, 9.17) is 0 Å². The number of nitrogens with one attached hydrogen (secondary N) is 1.